The minimum Gasteiger partial charge on any atom is -0.494 e. The van der Waals surface area contributed by atoms with E-state index in [1.807, 2.05) is 18.2 Å². The van der Waals surface area contributed by atoms with Crippen molar-refractivity contribution in [2.45, 2.75) is 25.4 Å². The Morgan fingerprint density at radius 3 is 2.86 bits per heavy atom. The van der Waals surface area contributed by atoms with E-state index >= 15 is 0 Å². The summed E-state index contributed by atoms with van der Waals surface area (Å²) in [5.41, 5.74) is 8.31. The number of carbonyl (C=O) groups is 1. The van der Waals surface area contributed by atoms with E-state index in [0.717, 1.165) is 30.6 Å². The number of primary amides is 1. The lowest BCUT2D eigenvalue weighted by Gasteiger charge is -2.32. The Hall–Kier alpha value is -4.12. The average molecular weight is 494 g/mol. The number of nitrogens with two attached hydrogens (primary N) is 1. The van der Waals surface area contributed by atoms with Crippen molar-refractivity contribution in [3.8, 4) is 5.75 Å². The Bertz CT molecular complexity index is 1300. The van der Waals surface area contributed by atoms with Crippen molar-refractivity contribution in [3.05, 3.63) is 53.3 Å². The first-order chi connectivity index (χ1) is 17.4. The number of rotatable bonds is 7. The van der Waals surface area contributed by atoms with Crippen LogP contribution in [0.15, 0.2) is 36.4 Å². The number of β-amino-alcohol motifs (C(OH)–C–C–N with tert-alkyl or cyclic N) is 1. The molecule has 2 aromatic carbocycles. The fraction of sp³-hybridized carbons (Fsp3) is 0.320. The summed E-state index contributed by atoms with van der Waals surface area (Å²) in [5.74, 6) is 0.798. The maximum Gasteiger partial charge on any atom is 0.250 e. The normalized spacial score (nSPS) is 16.8. The maximum atomic E-state index is 13.9. The van der Waals surface area contributed by atoms with E-state index in [-0.39, 0.29) is 17.4 Å². The van der Waals surface area contributed by atoms with Crippen LogP contribution in [0.4, 0.5) is 39.0 Å². The third-order valence-electron chi connectivity index (χ3n) is 6.37. The Labute approximate surface area is 207 Å². The van der Waals surface area contributed by atoms with Gasteiger partial charge in [-0.05, 0) is 49.6 Å². The monoisotopic (exact) mass is 493 g/mol. The van der Waals surface area contributed by atoms with Crippen LogP contribution in [0.5, 0.6) is 5.75 Å². The van der Waals surface area contributed by atoms with Crippen LogP contribution in [0.25, 0.3) is 0 Å². The van der Waals surface area contributed by atoms with E-state index < -0.39 is 11.7 Å². The van der Waals surface area contributed by atoms with Crippen LogP contribution in [0.3, 0.4) is 0 Å². The van der Waals surface area contributed by atoms with Gasteiger partial charge in [-0.3, -0.25) is 4.79 Å². The van der Waals surface area contributed by atoms with Crippen molar-refractivity contribution in [3.63, 3.8) is 0 Å². The number of hydrogen-bond donors (Lipinski definition) is 5. The van der Waals surface area contributed by atoms with Crippen molar-refractivity contribution < 1.29 is 19.0 Å². The zero-order chi connectivity index (χ0) is 25.2. The number of nitrogens with one attached hydrogen (secondary N) is 3. The summed E-state index contributed by atoms with van der Waals surface area (Å²) in [6.07, 6.45) is 2.06. The zero-order valence-electron chi connectivity index (χ0n) is 19.8. The van der Waals surface area contributed by atoms with E-state index in [0.29, 0.717) is 48.5 Å². The molecule has 0 radical (unpaired) electrons. The van der Waals surface area contributed by atoms with Crippen LogP contribution >= 0.6 is 0 Å². The van der Waals surface area contributed by atoms with Crippen LogP contribution in [-0.2, 0) is 6.42 Å². The molecule has 10 nitrogen and oxygen atoms in total. The molecule has 36 heavy (non-hydrogen) atoms. The topological polar surface area (TPSA) is 138 Å². The second kappa shape index (κ2) is 9.86. The summed E-state index contributed by atoms with van der Waals surface area (Å²) in [6.45, 7) is 2.13. The summed E-state index contributed by atoms with van der Waals surface area (Å²) in [6, 6.07) is 9.49. The fourth-order valence-corrected chi connectivity index (χ4v) is 4.58. The number of amides is 1. The minimum atomic E-state index is -0.675. The molecule has 2 aliphatic heterocycles. The molecule has 188 valence electrons. The Morgan fingerprint density at radius 1 is 1.22 bits per heavy atom. The molecule has 1 aromatic heterocycles. The highest BCUT2D eigenvalue weighted by Crippen LogP contribution is 2.35. The number of piperidine rings is 1. The van der Waals surface area contributed by atoms with Gasteiger partial charge in [0.1, 0.15) is 23.2 Å². The maximum absolute atomic E-state index is 13.9. The van der Waals surface area contributed by atoms with Crippen LogP contribution in [0.1, 0.15) is 28.8 Å². The molecule has 1 atom stereocenters. The summed E-state index contributed by atoms with van der Waals surface area (Å²) in [5, 5.41) is 19.5. The third-order valence-corrected chi connectivity index (χ3v) is 6.37. The molecule has 2 aliphatic rings. The highest BCUT2D eigenvalue weighted by atomic mass is 19.1. The number of aliphatic hydroxyl groups excluding tert-OH is 1. The standard InChI is InChI=1S/C25H28FN7O3/c1-36-21-12-15(33-10-2-3-16(34)13-33)5-7-19(21)30-25-31-23-18(8-9-28-23)24(32-25)29-20-11-14(26)4-6-17(20)22(27)35/h4-7,11-12,16,34H,2-3,8-10,13H2,1H3,(H2,27,35)(H3,28,29,30,31,32)/t16-/m0/s1. The van der Waals surface area contributed by atoms with Crippen molar-refractivity contribution in [1.29, 1.82) is 0 Å². The number of methoxy groups -OCH3 is 1. The Balaban J connectivity index is 1.45. The molecule has 0 spiro atoms. The molecule has 0 bridgehead atoms. The van der Waals surface area contributed by atoms with E-state index in [4.69, 9.17) is 10.5 Å². The van der Waals surface area contributed by atoms with Crippen LogP contribution in [0, 0.1) is 5.82 Å². The number of aromatic nitrogens is 2. The number of hydrogen-bond acceptors (Lipinski definition) is 9. The largest absolute Gasteiger partial charge is 0.494 e. The molecule has 11 heteroatoms. The number of halogens is 1. The number of ether oxygens (including phenoxy) is 1. The predicted octanol–water partition coefficient (Wildman–Crippen LogP) is 3.14. The van der Waals surface area contributed by atoms with Gasteiger partial charge in [0.15, 0.2) is 0 Å². The highest BCUT2D eigenvalue weighted by Gasteiger charge is 2.22. The van der Waals surface area contributed by atoms with Gasteiger partial charge >= 0.3 is 0 Å². The second-order valence-corrected chi connectivity index (χ2v) is 8.83. The Kier molecular flexibility index (Phi) is 6.47. The van der Waals surface area contributed by atoms with E-state index in [1.54, 1.807) is 7.11 Å². The van der Waals surface area contributed by atoms with Gasteiger partial charge in [-0.15, -0.1) is 0 Å². The van der Waals surface area contributed by atoms with E-state index in [1.165, 1.54) is 18.2 Å². The second-order valence-electron chi connectivity index (χ2n) is 8.83. The lowest BCUT2D eigenvalue weighted by Crippen LogP contribution is -2.38. The van der Waals surface area contributed by atoms with Crippen LogP contribution in [0.2, 0.25) is 0 Å². The summed E-state index contributed by atoms with van der Waals surface area (Å²) in [7, 11) is 1.59. The number of aliphatic hydroxyl groups is 1. The van der Waals surface area contributed by atoms with Crippen molar-refractivity contribution in [2.24, 2.45) is 5.73 Å². The summed E-state index contributed by atoms with van der Waals surface area (Å²) < 4.78 is 19.6. The molecule has 0 unspecified atom stereocenters. The molecule has 1 saturated heterocycles. The van der Waals surface area contributed by atoms with Gasteiger partial charge < -0.3 is 36.4 Å². The number of carbonyl (C=O) groups excluding carboxylic acids is 1. The molecule has 0 saturated carbocycles. The average Bonchev–Trinajstić information content (AvgIpc) is 3.33. The highest BCUT2D eigenvalue weighted by molar-refractivity contribution is 5.99. The molecule has 3 aromatic rings. The molecular weight excluding hydrogens is 465 g/mol. The molecule has 3 heterocycles. The molecule has 0 aliphatic carbocycles. The van der Waals surface area contributed by atoms with E-state index in [2.05, 4.69) is 30.8 Å². The first-order valence-corrected chi connectivity index (χ1v) is 11.8. The lowest BCUT2D eigenvalue weighted by molar-refractivity contribution is 0.100. The SMILES string of the molecule is COc1cc(N2CCC[C@H](O)C2)ccc1Nc1nc2c(c(Nc3cc(F)ccc3C(N)=O)n1)CCN2. The Morgan fingerprint density at radius 2 is 2.08 bits per heavy atom. The van der Waals surface area contributed by atoms with Gasteiger partial charge in [-0.25, -0.2) is 4.39 Å². The summed E-state index contributed by atoms with van der Waals surface area (Å²) in [4.78, 5) is 23.2. The quantitative estimate of drug-likeness (QED) is 0.336. The summed E-state index contributed by atoms with van der Waals surface area (Å²) >= 11 is 0. The molecular formula is C25H28FN7O3. The number of anilines is 6. The molecule has 1 fully saturated rings. The molecule has 6 N–H and O–H groups in total. The third kappa shape index (κ3) is 4.82. The lowest BCUT2D eigenvalue weighted by atomic mass is 10.1. The fourth-order valence-electron chi connectivity index (χ4n) is 4.58. The van der Waals surface area contributed by atoms with Gasteiger partial charge in [0, 0.05) is 37.0 Å². The molecule has 5 rings (SSSR count). The molecule has 1 amide bonds. The first-order valence-electron chi connectivity index (χ1n) is 11.8. The van der Waals surface area contributed by atoms with Crippen LogP contribution < -0.4 is 31.3 Å². The van der Waals surface area contributed by atoms with Gasteiger partial charge in [0.2, 0.25) is 5.95 Å². The van der Waals surface area contributed by atoms with Crippen LogP contribution in [-0.4, -0.2) is 53.8 Å². The minimum absolute atomic E-state index is 0.157. The van der Waals surface area contributed by atoms with E-state index in [9.17, 15) is 14.3 Å². The van der Waals surface area contributed by atoms with Crippen molar-refractivity contribution >= 4 is 40.6 Å². The first kappa shape index (κ1) is 23.6. The van der Waals surface area contributed by atoms with Gasteiger partial charge in [0.05, 0.1) is 30.2 Å². The van der Waals surface area contributed by atoms with Gasteiger partial charge in [-0.1, -0.05) is 0 Å². The van der Waals surface area contributed by atoms with Crippen molar-refractivity contribution in [2.75, 3.05) is 47.6 Å². The number of benzene rings is 2. The number of nitrogens with zero attached hydrogens (tertiary/aromatic N) is 3. The zero-order valence-corrected chi connectivity index (χ0v) is 19.8. The smallest absolute Gasteiger partial charge is 0.250 e. The van der Waals surface area contributed by atoms with Crippen molar-refractivity contribution in [1.82, 2.24) is 9.97 Å². The van der Waals surface area contributed by atoms with Gasteiger partial charge in [0.25, 0.3) is 5.91 Å². The predicted molar refractivity (Wildman–Crippen MR) is 136 cm³/mol. The number of fused-ring (bicyclic) bond motifs is 1. The van der Waals surface area contributed by atoms with Gasteiger partial charge in [-0.2, -0.15) is 9.97 Å².